The van der Waals surface area contributed by atoms with E-state index in [1.165, 1.54) is 7.11 Å². The van der Waals surface area contributed by atoms with Crippen LogP contribution in [0.2, 0.25) is 0 Å². The van der Waals surface area contributed by atoms with Crippen LogP contribution in [0.4, 0.5) is 8.78 Å². The van der Waals surface area contributed by atoms with Crippen LogP contribution in [0.5, 0.6) is 11.5 Å². The minimum Gasteiger partial charge on any atom is -0.496 e. The topological polar surface area (TPSA) is 18.5 Å². The maximum absolute atomic E-state index is 12.0. The van der Waals surface area contributed by atoms with Gasteiger partial charge in [-0.3, -0.25) is 0 Å². The molecule has 1 rings (SSSR count). The molecule has 0 amide bonds. The Labute approximate surface area is 81.4 Å². The second-order valence-corrected chi connectivity index (χ2v) is 2.97. The molecule has 1 aromatic carbocycles. The van der Waals surface area contributed by atoms with Crippen LogP contribution in [0.3, 0.4) is 0 Å². The van der Waals surface area contributed by atoms with Gasteiger partial charge < -0.3 is 9.47 Å². The number of ether oxygens (including phenoxy) is 2. The summed E-state index contributed by atoms with van der Waals surface area (Å²) in [6.07, 6.45) is 0. The van der Waals surface area contributed by atoms with Gasteiger partial charge in [-0.05, 0) is 31.5 Å². The normalized spacial score (nSPS) is 10.4. The number of rotatable bonds is 3. The molecule has 0 aliphatic carbocycles. The highest BCUT2D eigenvalue weighted by atomic mass is 19.3. The minimum atomic E-state index is -2.81. The summed E-state index contributed by atoms with van der Waals surface area (Å²) < 4.78 is 33.4. The van der Waals surface area contributed by atoms with E-state index in [4.69, 9.17) is 4.74 Å². The Morgan fingerprint density at radius 1 is 1.14 bits per heavy atom. The van der Waals surface area contributed by atoms with Crippen molar-refractivity contribution in [3.8, 4) is 11.5 Å². The first-order valence-corrected chi connectivity index (χ1v) is 4.14. The second kappa shape index (κ2) is 4.26. The van der Waals surface area contributed by atoms with Crippen LogP contribution < -0.4 is 9.47 Å². The maximum Gasteiger partial charge on any atom is 0.387 e. The second-order valence-electron chi connectivity index (χ2n) is 2.97. The average molecular weight is 202 g/mol. The molecular formula is C10H12F2O2. The Hall–Kier alpha value is -1.32. The number of hydrogen-bond acceptors (Lipinski definition) is 2. The molecule has 0 aliphatic heterocycles. The number of hydrogen-bond donors (Lipinski definition) is 0. The van der Waals surface area contributed by atoms with E-state index >= 15 is 0 Å². The van der Waals surface area contributed by atoms with Gasteiger partial charge in [-0.1, -0.05) is 0 Å². The Bertz CT molecular complexity index is 324. The Morgan fingerprint density at radius 2 is 1.71 bits per heavy atom. The SMILES string of the molecule is COc1cc(C)cc(OC(F)F)c1C. The van der Waals surface area contributed by atoms with Crippen molar-refractivity contribution in [1.29, 1.82) is 0 Å². The fourth-order valence-corrected chi connectivity index (χ4v) is 1.22. The third kappa shape index (κ3) is 2.34. The zero-order valence-corrected chi connectivity index (χ0v) is 8.30. The molecule has 0 N–H and O–H groups in total. The fraction of sp³-hybridized carbons (Fsp3) is 0.400. The summed E-state index contributed by atoms with van der Waals surface area (Å²) in [7, 11) is 1.49. The van der Waals surface area contributed by atoms with Crippen LogP contribution in [0, 0.1) is 13.8 Å². The lowest BCUT2D eigenvalue weighted by molar-refractivity contribution is -0.0504. The van der Waals surface area contributed by atoms with E-state index in [9.17, 15) is 8.78 Å². The van der Waals surface area contributed by atoms with Crippen molar-refractivity contribution >= 4 is 0 Å². The van der Waals surface area contributed by atoms with Crippen LogP contribution in [0.25, 0.3) is 0 Å². The first-order valence-electron chi connectivity index (χ1n) is 4.14. The van der Waals surface area contributed by atoms with Gasteiger partial charge in [0.15, 0.2) is 0 Å². The lowest BCUT2D eigenvalue weighted by Gasteiger charge is -2.12. The Morgan fingerprint density at radius 3 is 2.21 bits per heavy atom. The molecule has 2 nitrogen and oxygen atoms in total. The highest BCUT2D eigenvalue weighted by Gasteiger charge is 2.11. The van der Waals surface area contributed by atoms with Gasteiger partial charge in [-0.15, -0.1) is 0 Å². The van der Waals surface area contributed by atoms with E-state index in [0.717, 1.165) is 5.56 Å². The molecule has 0 radical (unpaired) electrons. The number of aryl methyl sites for hydroxylation is 1. The van der Waals surface area contributed by atoms with E-state index in [1.54, 1.807) is 26.0 Å². The van der Waals surface area contributed by atoms with Crippen molar-refractivity contribution in [1.82, 2.24) is 0 Å². The molecule has 0 bridgehead atoms. The van der Waals surface area contributed by atoms with E-state index < -0.39 is 6.61 Å². The summed E-state index contributed by atoms with van der Waals surface area (Å²) in [5, 5.41) is 0. The predicted molar refractivity (Wildman–Crippen MR) is 49.1 cm³/mol. The van der Waals surface area contributed by atoms with Crippen LogP contribution in [-0.2, 0) is 0 Å². The van der Waals surface area contributed by atoms with E-state index in [0.29, 0.717) is 11.3 Å². The zero-order chi connectivity index (χ0) is 10.7. The number of halogens is 2. The van der Waals surface area contributed by atoms with Gasteiger partial charge >= 0.3 is 6.61 Å². The standard InChI is InChI=1S/C10H12F2O2/c1-6-4-8(13-3)7(2)9(5-6)14-10(11)12/h4-5,10H,1-3H3. The molecule has 0 fully saturated rings. The van der Waals surface area contributed by atoms with E-state index in [1.807, 2.05) is 0 Å². The summed E-state index contributed by atoms with van der Waals surface area (Å²) >= 11 is 0. The van der Waals surface area contributed by atoms with E-state index in [-0.39, 0.29) is 5.75 Å². The number of alkyl halides is 2. The predicted octanol–water partition coefficient (Wildman–Crippen LogP) is 2.91. The first kappa shape index (κ1) is 10.8. The highest BCUT2D eigenvalue weighted by Crippen LogP contribution is 2.30. The average Bonchev–Trinajstić information content (AvgIpc) is 2.09. The molecule has 0 saturated heterocycles. The van der Waals surface area contributed by atoms with Crippen molar-refractivity contribution in [3.63, 3.8) is 0 Å². The highest BCUT2D eigenvalue weighted by molar-refractivity contribution is 5.46. The lowest BCUT2D eigenvalue weighted by Crippen LogP contribution is -2.04. The van der Waals surface area contributed by atoms with Crippen LogP contribution in [-0.4, -0.2) is 13.7 Å². The Kier molecular flexibility index (Phi) is 3.28. The summed E-state index contributed by atoms with van der Waals surface area (Å²) in [6.45, 7) is 0.663. The van der Waals surface area contributed by atoms with Gasteiger partial charge in [-0.2, -0.15) is 8.78 Å². The molecule has 0 aromatic heterocycles. The molecule has 4 heteroatoms. The summed E-state index contributed by atoms with van der Waals surface area (Å²) in [4.78, 5) is 0. The fourth-order valence-electron chi connectivity index (χ4n) is 1.22. The van der Waals surface area contributed by atoms with Crippen molar-refractivity contribution in [3.05, 3.63) is 23.3 Å². The van der Waals surface area contributed by atoms with Gasteiger partial charge in [0.25, 0.3) is 0 Å². The molecule has 0 heterocycles. The maximum atomic E-state index is 12.0. The van der Waals surface area contributed by atoms with Crippen LogP contribution >= 0.6 is 0 Å². The molecule has 0 atom stereocenters. The van der Waals surface area contributed by atoms with Crippen molar-refractivity contribution < 1.29 is 18.3 Å². The minimum absolute atomic E-state index is 0.164. The molecule has 0 spiro atoms. The Balaban J connectivity index is 3.08. The largest absolute Gasteiger partial charge is 0.496 e. The monoisotopic (exact) mass is 202 g/mol. The van der Waals surface area contributed by atoms with Crippen LogP contribution in [0.15, 0.2) is 12.1 Å². The van der Waals surface area contributed by atoms with Crippen molar-refractivity contribution in [2.24, 2.45) is 0 Å². The van der Waals surface area contributed by atoms with Crippen LogP contribution in [0.1, 0.15) is 11.1 Å². The van der Waals surface area contributed by atoms with Crippen molar-refractivity contribution in [2.45, 2.75) is 20.5 Å². The van der Waals surface area contributed by atoms with Gasteiger partial charge in [0.1, 0.15) is 11.5 Å². The molecule has 0 unspecified atom stereocenters. The van der Waals surface area contributed by atoms with Gasteiger partial charge in [0.05, 0.1) is 7.11 Å². The summed E-state index contributed by atoms with van der Waals surface area (Å²) in [5.41, 5.74) is 1.40. The lowest BCUT2D eigenvalue weighted by atomic mass is 10.1. The zero-order valence-electron chi connectivity index (χ0n) is 8.30. The van der Waals surface area contributed by atoms with E-state index in [2.05, 4.69) is 4.74 Å². The molecule has 0 aliphatic rings. The van der Waals surface area contributed by atoms with Gasteiger partial charge in [-0.25, -0.2) is 0 Å². The molecule has 78 valence electrons. The molecular weight excluding hydrogens is 190 g/mol. The smallest absolute Gasteiger partial charge is 0.387 e. The summed E-state index contributed by atoms with van der Waals surface area (Å²) in [6, 6.07) is 3.33. The van der Waals surface area contributed by atoms with Gasteiger partial charge in [0, 0.05) is 5.56 Å². The third-order valence-electron chi connectivity index (χ3n) is 1.89. The molecule has 0 saturated carbocycles. The molecule has 1 aromatic rings. The van der Waals surface area contributed by atoms with Crippen molar-refractivity contribution in [2.75, 3.05) is 7.11 Å². The first-order chi connectivity index (χ1) is 6.54. The third-order valence-corrected chi connectivity index (χ3v) is 1.89. The quantitative estimate of drug-likeness (QED) is 0.750. The van der Waals surface area contributed by atoms with Gasteiger partial charge in [0.2, 0.25) is 0 Å². The number of methoxy groups -OCH3 is 1. The summed E-state index contributed by atoms with van der Waals surface area (Å²) in [5.74, 6) is 0.720. The number of benzene rings is 1. The molecule has 14 heavy (non-hydrogen) atoms.